The van der Waals surface area contributed by atoms with Crippen LogP contribution in [-0.4, -0.2) is 29.8 Å². The van der Waals surface area contributed by atoms with Crippen LogP contribution in [0.3, 0.4) is 0 Å². The summed E-state index contributed by atoms with van der Waals surface area (Å²) in [7, 11) is 0. The molecule has 0 radical (unpaired) electrons. The van der Waals surface area contributed by atoms with Crippen molar-refractivity contribution in [3.05, 3.63) is 24.3 Å². The molecule has 2 rings (SSSR count). The second-order valence-electron chi connectivity index (χ2n) is 3.15. The van der Waals surface area contributed by atoms with Gasteiger partial charge in [0.05, 0.1) is 5.88 Å². The number of phenolic OH excluding ortho intramolecular Hbond substituents is 1. The van der Waals surface area contributed by atoms with E-state index in [0.29, 0.717) is 18.2 Å². The van der Waals surface area contributed by atoms with Gasteiger partial charge in [0, 0.05) is 0 Å². The molecule has 0 amide bonds. The molecule has 1 saturated heterocycles. The fraction of sp³-hybridized carbons (Fsp3) is 0.400. The summed E-state index contributed by atoms with van der Waals surface area (Å²) in [6.07, 6.45) is 0.189. The first-order valence-electron chi connectivity index (χ1n) is 4.43. The highest BCUT2D eigenvalue weighted by atomic mass is 35.5. The Morgan fingerprint density at radius 3 is 2.79 bits per heavy atom. The van der Waals surface area contributed by atoms with Gasteiger partial charge in [0.1, 0.15) is 18.8 Å². The second kappa shape index (κ2) is 4.07. The van der Waals surface area contributed by atoms with Crippen molar-refractivity contribution in [2.45, 2.75) is 12.2 Å². The molecular weight excluding hydrogens is 204 g/mol. The molecule has 0 aromatic heterocycles. The largest absolute Gasteiger partial charge is 0.504 e. The average molecular weight is 215 g/mol. The Balaban J connectivity index is 1.84. The number of halogens is 1. The van der Waals surface area contributed by atoms with Gasteiger partial charge in [0.2, 0.25) is 0 Å². The van der Waals surface area contributed by atoms with E-state index in [9.17, 15) is 5.11 Å². The summed E-state index contributed by atoms with van der Waals surface area (Å²) in [6.45, 7) is 0.439. The smallest absolute Gasteiger partial charge is 0.161 e. The number of ether oxygens (including phenoxy) is 2. The summed E-state index contributed by atoms with van der Waals surface area (Å²) in [5.41, 5.74) is 0. The van der Waals surface area contributed by atoms with Gasteiger partial charge in [0.25, 0.3) is 0 Å². The quantitative estimate of drug-likeness (QED) is 0.614. The molecule has 0 unspecified atom stereocenters. The van der Waals surface area contributed by atoms with Crippen molar-refractivity contribution >= 4 is 11.6 Å². The number of para-hydroxylation sites is 2. The minimum absolute atomic E-state index is 0.0760. The molecule has 76 valence electrons. The fourth-order valence-electron chi connectivity index (χ4n) is 1.21. The van der Waals surface area contributed by atoms with Crippen LogP contribution in [0.25, 0.3) is 0 Å². The Kier molecular flexibility index (Phi) is 2.79. The summed E-state index contributed by atoms with van der Waals surface area (Å²) < 4.78 is 10.5. The van der Waals surface area contributed by atoms with Crippen LogP contribution >= 0.6 is 11.6 Å². The number of hydrogen-bond acceptors (Lipinski definition) is 3. The number of phenols is 1. The standard InChI is InChI=1S/C10H11ClO3/c11-5-9-10(14-9)6-13-8-4-2-1-3-7(8)12/h1-4,9-10,12H,5-6H2/t9-,10+/m1/s1. The van der Waals surface area contributed by atoms with E-state index in [1.807, 2.05) is 6.07 Å². The topological polar surface area (TPSA) is 42.0 Å². The molecule has 0 aliphatic carbocycles. The number of hydrogen-bond donors (Lipinski definition) is 1. The molecule has 14 heavy (non-hydrogen) atoms. The highest BCUT2D eigenvalue weighted by Crippen LogP contribution is 2.28. The Morgan fingerprint density at radius 1 is 1.36 bits per heavy atom. The van der Waals surface area contributed by atoms with E-state index < -0.39 is 0 Å². The SMILES string of the molecule is Oc1ccccc1OC[C@@H]1O[C@@H]1CCl. The van der Waals surface area contributed by atoms with E-state index in [4.69, 9.17) is 21.1 Å². The third-order valence-corrected chi connectivity index (χ3v) is 2.41. The monoisotopic (exact) mass is 214 g/mol. The Morgan fingerprint density at radius 2 is 2.14 bits per heavy atom. The molecule has 1 aliphatic rings. The first kappa shape index (κ1) is 9.62. The predicted octanol–water partition coefficient (Wildman–Crippen LogP) is 1.78. The van der Waals surface area contributed by atoms with Crippen LogP contribution in [0.1, 0.15) is 0 Å². The van der Waals surface area contributed by atoms with Gasteiger partial charge in [-0.25, -0.2) is 0 Å². The third-order valence-electron chi connectivity index (χ3n) is 2.11. The van der Waals surface area contributed by atoms with E-state index in [-0.39, 0.29) is 18.0 Å². The summed E-state index contributed by atoms with van der Waals surface area (Å²) in [6, 6.07) is 6.86. The molecule has 1 heterocycles. The molecule has 1 aromatic carbocycles. The molecule has 0 bridgehead atoms. The van der Waals surface area contributed by atoms with Crippen molar-refractivity contribution in [1.82, 2.24) is 0 Å². The first-order chi connectivity index (χ1) is 6.81. The van der Waals surface area contributed by atoms with E-state index in [0.717, 1.165) is 0 Å². The fourth-order valence-corrected chi connectivity index (χ4v) is 1.48. The number of epoxide rings is 1. The van der Waals surface area contributed by atoms with Crippen molar-refractivity contribution in [1.29, 1.82) is 0 Å². The van der Waals surface area contributed by atoms with E-state index >= 15 is 0 Å². The maximum Gasteiger partial charge on any atom is 0.161 e. The highest BCUT2D eigenvalue weighted by molar-refractivity contribution is 6.18. The summed E-state index contributed by atoms with van der Waals surface area (Å²) in [5.74, 6) is 1.13. The molecule has 1 aromatic rings. The van der Waals surface area contributed by atoms with Crippen molar-refractivity contribution in [2.75, 3.05) is 12.5 Å². The zero-order valence-corrected chi connectivity index (χ0v) is 8.28. The normalized spacial score (nSPS) is 24.6. The van der Waals surface area contributed by atoms with Crippen LogP contribution in [-0.2, 0) is 4.74 Å². The van der Waals surface area contributed by atoms with Gasteiger partial charge in [-0.2, -0.15) is 0 Å². The van der Waals surface area contributed by atoms with Gasteiger partial charge in [-0.05, 0) is 12.1 Å². The van der Waals surface area contributed by atoms with Crippen molar-refractivity contribution < 1.29 is 14.6 Å². The van der Waals surface area contributed by atoms with Crippen molar-refractivity contribution in [3.8, 4) is 11.5 Å². The van der Waals surface area contributed by atoms with Crippen LogP contribution in [0.2, 0.25) is 0 Å². The van der Waals surface area contributed by atoms with E-state index in [1.54, 1.807) is 18.2 Å². The molecular formula is C10H11ClO3. The second-order valence-corrected chi connectivity index (χ2v) is 3.45. The molecule has 1 N–H and O–H groups in total. The predicted molar refractivity (Wildman–Crippen MR) is 53.0 cm³/mol. The van der Waals surface area contributed by atoms with Gasteiger partial charge in [-0.15, -0.1) is 11.6 Å². The van der Waals surface area contributed by atoms with Crippen LogP contribution in [0.4, 0.5) is 0 Å². The third kappa shape index (κ3) is 2.11. The highest BCUT2D eigenvalue weighted by Gasteiger charge is 2.38. The zero-order valence-electron chi connectivity index (χ0n) is 7.52. The maximum atomic E-state index is 9.38. The minimum atomic E-state index is 0.0760. The number of alkyl halides is 1. The summed E-state index contributed by atoms with van der Waals surface area (Å²) in [5, 5.41) is 9.38. The average Bonchev–Trinajstić information content (AvgIpc) is 2.95. The van der Waals surface area contributed by atoms with Crippen LogP contribution < -0.4 is 4.74 Å². The Labute approximate surface area is 87.2 Å². The maximum absolute atomic E-state index is 9.38. The Hall–Kier alpha value is -0.930. The molecule has 4 heteroatoms. The number of aromatic hydroxyl groups is 1. The number of rotatable bonds is 4. The molecule has 2 atom stereocenters. The van der Waals surface area contributed by atoms with Crippen molar-refractivity contribution in [2.24, 2.45) is 0 Å². The molecule has 3 nitrogen and oxygen atoms in total. The van der Waals surface area contributed by atoms with Crippen molar-refractivity contribution in [3.63, 3.8) is 0 Å². The summed E-state index contributed by atoms with van der Waals surface area (Å²) in [4.78, 5) is 0. The van der Waals surface area contributed by atoms with Gasteiger partial charge < -0.3 is 14.6 Å². The molecule has 1 aliphatic heterocycles. The van der Waals surface area contributed by atoms with Crippen LogP contribution in [0, 0.1) is 0 Å². The van der Waals surface area contributed by atoms with Crippen LogP contribution in [0.15, 0.2) is 24.3 Å². The molecule has 0 spiro atoms. The van der Waals surface area contributed by atoms with E-state index in [2.05, 4.69) is 0 Å². The van der Waals surface area contributed by atoms with Gasteiger partial charge >= 0.3 is 0 Å². The lowest BCUT2D eigenvalue weighted by Gasteiger charge is -2.05. The van der Waals surface area contributed by atoms with Gasteiger partial charge in [-0.1, -0.05) is 12.1 Å². The number of benzene rings is 1. The van der Waals surface area contributed by atoms with Gasteiger partial charge in [0.15, 0.2) is 11.5 Å². The summed E-state index contributed by atoms with van der Waals surface area (Å²) >= 11 is 5.58. The Bertz CT molecular complexity index is 316. The molecule has 0 saturated carbocycles. The first-order valence-corrected chi connectivity index (χ1v) is 4.97. The lowest BCUT2D eigenvalue weighted by atomic mass is 10.3. The molecule has 1 fully saturated rings. The minimum Gasteiger partial charge on any atom is -0.504 e. The zero-order chi connectivity index (χ0) is 9.97. The van der Waals surface area contributed by atoms with E-state index in [1.165, 1.54) is 0 Å². The lowest BCUT2D eigenvalue weighted by molar-refractivity contribution is 0.252. The lowest BCUT2D eigenvalue weighted by Crippen LogP contribution is -2.08. The van der Waals surface area contributed by atoms with Crippen LogP contribution in [0.5, 0.6) is 11.5 Å². The van der Waals surface area contributed by atoms with Gasteiger partial charge in [-0.3, -0.25) is 0 Å².